The molecule has 4 rings (SSSR count). The van der Waals surface area contributed by atoms with Gasteiger partial charge in [0.05, 0.1) is 18.0 Å². The van der Waals surface area contributed by atoms with Crippen LogP contribution in [0.1, 0.15) is 31.3 Å². The monoisotopic (exact) mass is 451 g/mol. The van der Waals surface area contributed by atoms with Gasteiger partial charge in [-0.2, -0.15) is 0 Å². The van der Waals surface area contributed by atoms with E-state index < -0.39 is 6.10 Å². The number of hydrogen-bond acceptors (Lipinski definition) is 5. The maximum atomic E-state index is 14.3. The molecule has 0 aliphatic rings. The topological polar surface area (TPSA) is 69.2 Å². The summed E-state index contributed by atoms with van der Waals surface area (Å²) in [6.45, 7) is 5.80. The van der Waals surface area contributed by atoms with Gasteiger partial charge in [0.1, 0.15) is 16.5 Å². The Labute approximate surface area is 190 Å². The third-order valence-electron chi connectivity index (χ3n) is 5.27. The molecular formula is C25H26FN3O2S. The summed E-state index contributed by atoms with van der Waals surface area (Å²) >= 11 is 1.33. The molecule has 2 aromatic carbocycles. The van der Waals surface area contributed by atoms with Crippen molar-refractivity contribution < 1.29 is 9.50 Å². The second kappa shape index (κ2) is 9.73. The summed E-state index contributed by atoms with van der Waals surface area (Å²) in [7, 11) is 0. The Hall–Kier alpha value is -2.87. The smallest absolute Gasteiger partial charge is 0.260 e. The summed E-state index contributed by atoms with van der Waals surface area (Å²) in [6, 6.07) is 16.0. The van der Waals surface area contributed by atoms with E-state index in [4.69, 9.17) is 0 Å². The molecule has 166 valence electrons. The molecule has 1 unspecified atom stereocenters. The zero-order valence-electron chi connectivity index (χ0n) is 18.1. The van der Waals surface area contributed by atoms with Gasteiger partial charge in [0.25, 0.3) is 5.56 Å². The summed E-state index contributed by atoms with van der Waals surface area (Å²) in [5.74, 6) is 0.543. The third-order valence-corrected chi connectivity index (χ3v) is 6.14. The lowest BCUT2D eigenvalue weighted by molar-refractivity contribution is 0.100. The Morgan fingerprint density at radius 2 is 1.78 bits per heavy atom. The molecule has 0 saturated carbocycles. The Morgan fingerprint density at radius 3 is 2.50 bits per heavy atom. The maximum absolute atomic E-state index is 14.3. The van der Waals surface area contributed by atoms with Gasteiger partial charge in [-0.05, 0) is 17.5 Å². The van der Waals surface area contributed by atoms with Gasteiger partial charge in [-0.15, -0.1) is 11.3 Å². The molecule has 0 aliphatic heterocycles. The van der Waals surface area contributed by atoms with Crippen LogP contribution in [-0.2, 0) is 6.54 Å². The number of halogens is 1. The lowest BCUT2D eigenvalue weighted by Gasteiger charge is -2.26. The highest BCUT2D eigenvalue weighted by molar-refractivity contribution is 7.17. The van der Waals surface area contributed by atoms with Crippen LogP contribution in [0.15, 0.2) is 64.8 Å². The number of aliphatic hydroxyl groups is 1. The van der Waals surface area contributed by atoms with Gasteiger partial charge in [-0.1, -0.05) is 62.4 Å². The number of thiophene rings is 1. The third kappa shape index (κ3) is 4.96. The first-order valence-corrected chi connectivity index (χ1v) is 11.5. The zero-order chi connectivity index (χ0) is 22.7. The van der Waals surface area contributed by atoms with E-state index in [0.29, 0.717) is 46.2 Å². The number of nitrogens with one attached hydrogen (secondary N) is 1. The average molecular weight is 452 g/mol. The Bertz CT molecular complexity index is 1250. The minimum Gasteiger partial charge on any atom is -0.387 e. The second-order valence-corrected chi connectivity index (χ2v) is 9.19. The van der Waals surface area contributed by atoms with Crippen LogP contribution in [0.2, 0.25) is 0 Å². The Morgan fingerprint density at radius 1 is 1.06 bits per heavy atom. The Kier molecular flexibility index (Phi) is 6.79. The normalized spacial score (nSPS) is 12.7. The van der Waals surface area contributed by atoms with Gasteiger partial charge in [0, 0.05) is 29.6 Å². The van der Waals surface area contributed by atoms with Crippen LogP contribution < -0.4 is 5.56 Å². The SMILES string of the molecule is CC(C)CN(Cc1nc2scc(-c3ccccc3F)c2c(=O)[nH]1)CC(O)c1ccccc1. The molecule has 5 nitrogen and oxygen atoms in total. The van der Waals surface area contributed by atoms with E-state index in [1.165, 1.54) is 17.4 Å². The van der Waals surface area contributed by atoms with E-state index in [2.05, 4.69) is 28.7 Å². The molecule has 2 heterocycles. The Balaban J connectivity index is 1.62. The van der Waals surface area contributed by atoms with Crippen molar-refractivity contribution in [3.8, 4) is 11.1 Å². The number of benzene rings is 2. The largest absolute Gasteiger partial charge is 0.387 e. The van der Waals surface area contributed by atoms with E-state index in [-0.39, 0.29) is 11.4 Å². The van der Waals surface area contributed by atoms with Gasteiger partial charge < -0.3 is 10.1 Å². The van der Waals surface area contributed by atoms with Crippen molar-refractivity contribution in [3.05, 3.63) is 87.5 Å². The minimum atomic E-state index is -0.639. The average Bonchev–Trinajstić information content (AvgIpc) is 3.18. The van der Waals surface area contributed by atoms with E-state index in [9.17, 15) is 14.3 Å². The van der Waals surface area contributed by atoms with E-state index in [0.717, 1.165) is 12.1 Å². The van der Waals surface area contributed by atoms with E-state index in [1.54, 1.807) is 23.6 Å². The van der Waals surface area contributed by atoms with Gasteiger partial charge in [0.15, 0.2) is 0 Å². The first-order chi connectivity index (χ1) is 15.4. The number of aromatic nitrogens is 2. The fraction of sp³-hybridized carbons (Fsp3) is 0.280. The number of aromatic amines is 1. The highest BCUT2D eigenvalue weighted by atomic mass is 32.1. The minimum absolute atomic E-state index is 0.280. The molecule has 0 spiro atoms. The molecule has 2 N–H and O–H groups in total. The van der Waals surface area contributed by atoms with Gasteiger partial charge >= 0.3 is 0 Å². The van der Waals surface area contributed by atoms with Crippen molar-refractivity contribution in [1.82, 2.24) is 14.9 Å². The molecule has 7 heteroatoms. The molecule has 32 heavy (non-hydrogen) atoms. The predicted molar refractivity (Wildman–Crippen MR) is 127 cm³/mol. The first-order valence-electron chi connectivity index (χ1n) is 10.6. The number of H-pyrrole nitrogens is 1. The molecular weight excluding hydrogens is 425 g/mol. The molecule has 0 fully saturated rings. The molecule has 0 radical (unpaired) electrons. The van der Waals surface area contributed by atoms with Crippen molar-refractivity contribution in [1.29, 1.82) is 0 Å². The zero-order valence-corrected chi connectivity index (χ0v) is 18.9. The fourth-order valence-corrected chi connectivity index (χ4v) is 4.86. The van der Waals surface area contributed by atoms with Crippen molar-refractivity contribution in [2.75, 3.05) is 13.1 Å². The van der Waals surface area contributed by atoms with Gasteiger partial charge in [-0.3, -0.25) is 9.69 Å². The van der Waals surface area contributed by atoms with Crippen molar-refractivity contribution in [2.45, 2.75) is 26.5 Å². The number of rotatable bonds is 8. The van der Waals surface area contributed by atoms with Crippen molar-refractivity contribution in [2.24, 2.45) is 5.92 Å². The lowest BCUT2D eigenvalue weighted by Crippen LogP contribution is -2.33. The number of fused-ring (bicyclic) bond motifs is 1. The van der Waals surface area contributed by atoms with Crippen LogP contribution in [0.3, 0.4) is 0 Å². The summed E-state index contributed by atoms with van der Waals surface area (Å²) < 4.78 is 14.3. The van der Waals surface area contributed by atoms with Crippen molar-refractivity contribution in [3.63, 3.8) is 0 Å². The quantitative estimate of drug-likeness (QED) is 0.396. The van der Waals surface area contributed by atoms with E-state index >= 15 is 0 Å². The molecule has 0 aliphatic carbocycles. The summed E-state index contributed by atoms with van der Waals surface area (Å²) in [5.41, 5.74) is 1.52. The standard InChI is InChI=1S/C25H26FN3O2S/c1-16(2)12-29(13-21(30)17-8-4-3-5-9-17)14-22-27-24(31)23-19(15-32-25(23)28-22)18-10-6-7-11-20(18)26/h3-11,15-16,21,30H,12-14H2,1-2H3,(H,27,28,31). The van der Waals surface area contributed by atoms with E-state index in [1.807, 2.05) is 30.3 Å². The van der Waals surface area contributed by atoms with Crippen LogP contribution in [0.5, 0.6) is 0 Å². The second-order valence-electron chi connectivity index (χ2n) is 8.34. The molecule has 0 bridgehead atoms. The summed E-state index contributed by atoms with van der Waals surface area (Å²) in [4.78, 5) is 23.1. The fourth-order valence-electron chi connectivity index (χ4n) is 3.90. The molecule has 1 atom stereocenters. The summed E-state index contributed by atoms with van der Waals surface area (Å²) in [6.07, 6.45) is -0.639. The molecule has 2 aromatic heterocycles. The maximum Gasteiger partial charge on any atom is 0.260 e. The highest BCUT2D eigenvalue weighted by Crippen LogP contribution is 2.32. The van der Waals surface area contributed by atoms with Gasteiger partial charge in [-0.25, -0.2) is 9.37 Å². The predicted octanol–water partition coefficient (Wildman–Crippen LogP) is 4.98. The van der Waals surface area contributed by atoms with Crippen molar-refractivity contribution >= 4 is 21.6 Å². The van der Waals surface area contributed by atoms with Crippen LogP contribution in [-0.4, -0.2) is 33.1 Å². The van der Waals surface area contributed by atoms with Crippen LogP contribution in [0.4, 0.5) is 4.39 Å². The lowest BCUT2D eigenvalue weighted by atomic mass is 10.1. The van der Waals surface area contributed by atoms with Crippen LogP contribution >= 0.6 is 11.3 Å². The number of hydrogen-bond donors (Lipinski definition) is 2. The number of aliphatic hydroxyl groups excluding tert-OH is 1. The van der Waals surface area contributed by atoms with Crippen LogP contribution in [0.25, 0.3) is 21.3 Å². The summed E-state index contributed by atoms with van der Waals surface area (Å²) in [5, 5.41) is 12.9. The van der Waals surface area contributed by atoms with Crippen LogP contribution in [0, 0.1) is 11.7 Å². The molecule has 0 saturated heterocycles. The van der Waals surface area contributed by atoms with Gasteiger partial charge in [0.2, 0.25) is 0 Å². The molecule has 4 aromatic rings. The first kappa shape index (κ1) is 22.3. The molecule has 0 amide bonds. The number of nitrogens with zero attached hydrogens (tertiary/aromatic N) is 2. The highest BCUT2D eigenvalue weighted by Gasteiger charge is 2.19.